The molecule has 0 amide bonds. The number of rotatable bonds is 4. The number of aryl methyl sites for hydroxylation is 1. The van der Waals surface area contributed by atoms with Crippen LogP contribution in [0.2, 0.25) is 0 Å². The van der Waals surface area contributed by atoms with Crippen LogP contribution < -0.4 is 0 Å². The standard InChI is InChI=1S/C15H15N3O2/c1-2-3-6-9-18-16-12-13(17-18)15(20)11-8-5-4-7-10(11)14(12)19/h4-5,7-8H,2-3,6,9H2,1H3. The molecule has 1 aliphatic carbocycles. The highest BCUT2D eigenvalue weighted by Gasteiger charge is 2.33. The van der Waals surface area contributed by atoms with Crippen molar-refractivity contribution in [2.24, 2.45) is 0 Å². The predicted octanol–water partition coefficient (Wildman–Crippen LogP) is 2.24. The molecule has 1 aromatic carbocycles. The molecular weight excluding hydrogens is 254 g/mol. The van der Waals surface area contributed by atoms with E-state index < -0.39 is 0 Å². The number of unbranched alkanes of at least 4 members (excludes halogenated alkanes) is 2. The molecule has 5 nitrogen and oxygen atoms in total. The highest BCUT2D eigenvalue weighted by atomic mass is 16.1. The zero-order valence-electron chi connectivity index (χ0n) is 11.3. The first-order valence-corrected chi connectivity index (χ1v) is 6.86. The van der Waals surface area contributed by atoms with Crippen LogP contribution in [0.1, 0.15) is 58.3 Å². The van der Waals surface area contributed by atoms with Crippen LogP contribution in [0.5, 0.6) is 0 Å². The molecule has 20 heavy (non-hydrogen) atoms. The normalized spacial score (nSPS) is 13.2. The maximum Gasteiger partial charge on any atom is 0.216 e. The van der Waals surface area contributed by atoms with Gasteiger partial charge in [-0.25, -0.2) is 0 Å². The van der Waals surface area contributed by atoms with Crippen molar-refractivity contribution in [3.63, 3.8) is 0 Å². The van der Waals surface area contributed by atoms with E-state index in [9.17, 15) is 9.59 Å². The molecule has 0 atom stereocenters. The lowest BCUT2D eigenvalue weighted by molar-refractivity contribution is 0.0974. The van der Waals surface area contributed by atoms with Crippen LogP contribution in [0, 0.1) is 0 Å². The smallest absolute Gasteiger partial charge is 0.216 e. The molecular formula is C15H15N3O2. The molecule has 0 aliphatic heterocycles. The fourth-order valence-corrected chi connectivity index (χ4v) is 2.39. The Morgan fingerprint density at radius 3 is 2.00 bits per heavy atom. The number of carbonyl (C=O) groups excluding carboxylic acids is 2. The van der Waals surface area contributed by atoms with Gasteiger partial charge >= 0.3 is 0 Å². The Kier molecular flexibility index (Phi) is 3.18. The summed E-state index contributed by atoms with van der Waals surface area (Å²) in [5.41, 5.74) is 1.21. The second-order valence-electron chi connectivity index (χ2n) is 4.90. The Balaban J connectivity index is 1.97. The highest BCUT2D eigenvalue weighted by molar-refractivity contribution is 6.26. The van der Waals surface area contributed by atoms with E-state index in [4.69, 9.17) is 0 Å². The molecule has 0 unspecified atom stereocenters. The minimum absolute atomic E-state index is 0.185. The number of benzene rings is 1. The van der Waals surface area contributed by atoms with Gasteiger partial charge in [0, 0.05) is 11.1 Å². The van der Waals surface area contributed by atoms with Gasteiger partial charge in [-0.1, -0.05) is 44.0 Å². The van der Waals surface area contributed by atoms with Crippen molar-refractivity contribution >= 4 is 11.6 Å². The quantitative estimate of drug-likeness (QED) is 0.681. The summed E-state index contributed by atoms with van der Waals surface area (Å²) in [6.07, 6.45) is 3.12. The van der Waals surface area contributed by atoms with E-state index in [1.54, 1.807) is 24.3 Å². The van der Waals surface area contributed by atoms with Gasteiger partial charge in [0.05, 0.1) is 6.54 Å². The molecule has 5 heteroatoms. The molecule has 1 aliphatic rings. The third-order valence-electron chi connectivity index (χ3n) is 3.46. The fourth-order valence-electron chi connectivity index (χ4n) is 2.39. The third-order valence-corrected chi connectivity index (χ3v) is 3.46. The number of hydrogen-bond acceptors (Lipinski definition) is 4. The molecule has 0 radical (unpaired) electrons. The Morgan fingerprint density at radius 1 is 0.950 bits per heavy atom. The Labute approximate surface area is 116 Å². The van der Waals surface area contributed by atoms with E-state index in [2.05, 4.69) is 17.1 Å². The number of hydrogen-bond donors (Lipinski definition) is 0. The van der Waals surface area contributed by atoms with Gasteiger partial charge in [0.15, 0.2) is 11.4 Å². The topological polar surface area (TPSA) is 64.8 Å². The molecule has 0 fully saturated rings. The highest BCUT2D eigenvalue weighted by Crippen LogP contribution is 2.24. The van der Waals surface area contributed by atoms with Crippen molar-refractivity contribution in [3.05, 3.63) is 46.8 Å². The summed E-state index contributed by atoms with van der Waals surface area (Å²) in [5, 5.41) is 8.38. The van der Waals surface area contributed by atoms with Crippen LogP contribution in [0.3, 0.4) is 0 Å². The minimum Gasteiger partial charge on any atom is -0.287 e. The lowest BCUT2D eigenvalue weighted by Crippen LogP contribution is -2.20. The molecule has 0 saturated carbocycles. The Bertz CT molecular complexity index is 636. The third kappa shape index (κ3) is 1.95. The predicted molar refractivity (Wildman–Crippen MR) is 72.9 cm³/mol. The molecule has 0 bridgehead atoms. The zero-order chi connectivity index (χ0) is 14.1. The summed E-state index contributed by atoms with van der Waals surface area (Å²) in [6.45, 7) is 2.75. The van der Waals surface area contributed by atoms with E-state index in [0.29, 0.717) is 17.7 Å². The lowest BCUT2D eigenvalue weighted by atomic mass is 9.90. The van der Waals surface area contributed by atoms with Crippen molar-refractivity contribution in [3.8, 4) is 0 Å². The van der Waals surface area contributed by atoms with Gasteiger partial charge in [-0.2, -0.15) is 4.80 Å². The Morgan fingerprint density at radius 2 is 1.50 bits per heavy atom. The number of carbonyl (C=O) groups is 2. The Hall–Kier alpha value is -2.30. The van der Waals surface area contributed by atoms with Crippen molar-refractivity contribution in [1.82, 2.24) is 15.0 Å². The summed E-state index contributed by atoms with van der Waals surface area (Å²) in [7, 11) is 0. The summed E-state index contributed by atoms with van der Waals surface area (Å²) < 4.78 is 0. The van der Waals surface area contributed by atoms with Crippen LogP contribution >= 0.6 is 0 Å². The van der Waals surface area contributed by atoms with Crippen LogP contribution in [0.15, 0.2) is 24.3 Å². The summed E-state index contributed by atoms with van der Waals surface area (Å²) in [4.78, 5) is 26.1. The minimum atomic E-state index is -0.211. The molecule has 1 aromatic heterocycles. The lowest BCUT2D eigenvalue weighted by Gasteiger charge is -2.10. The van der Waals surface area contributed by atoms with Crippen molar-refractivity contribution in [2.75, 3.05) is 0 Å². The van der Waals surface area contributed by atoms with Crippen LogP contribution in [0.4, 0.5) is 0 Å². The van der Waals surface area contributed by atoms with Crippen molar-refractivity contribution in [2.45, 2.75) is 32.7 Å². The van der Waals surface area contributed by atoms with Gasteiger partial charge in [-0.15, -0.1) is 10.2 Å². The molecule has 0 N–H and O–H groups in total. The first kappa shape index (κ1) is 12.7. The van der Waals surface area contributed by atoms with Gasteiger partial charge in [0.2, 0.25) is 11.6 Å². The van der Waals surface area contributed by atoms with E-state index in [-0.39, 0.29) is 23.0 Å². The first-order valence-electron chi connectivity index (χ1n) is 6.86. The van der Waals surface area contributed by atoms with Gasteiger partial charge in [0.25, 0.3) is 0 Å². The molecule has 0 saturated heterocycles. The van der Waals surface area contributed by atoms with Gasteiger partial charge in [-0.05, 0) is 6.42 Å². The number of nitrogens with zero attached hydrogens (tertiary/aromatic N) is 3. The van der Waals surface area contributed by atoms with Crippen molar-refractivity contribution in [1.29, 1.82) is 0 Å². The second kappa shape index (κ2) is 5.00. The number of ketones is 2. The van der Waals surface area contributed by atoms with E-state index in [1.807, 2.05) is 0 Å². The van der Waals surface area contributed by atoms with Crippen LogP contribution in [-0.4, -0.2) is 26.6 Å². The average Bonchev–Trinajstić information content (AvgIpc) is 2.90. The summed E-state index contributed by atoms with van der Waals surface area (Å²) in [5.74, 6) is -0.422. The first-order chi connectivity index (χ1) is 9.72. The molecule has 1 heterocycles. The van der Waals surface area contributed by atoms with Crippen LogP contribution in [-0.2, 0) is 6.54 Å². The summed E-state index contributed by atoms with van der Waals surface area (Å²) >= 11 is 0. The van der Waals surface area contributed by atoms with E-state index in [1.165, 1.54) is 4.80 Å². The maximum absolute atomic E-state index is 12.3. The SMILES string of the molecule is CCCCCn1nc2c(n1)C(=O)c1ccccc1C2=O. The molecule has 102 valence electrons. The van der Waals surface area contributed by atoms with E-state index >= 15 is 0 Å². The van der Waals surface area contributed by atoms with Crippen molar-refractivity contribution < 1.29 is 9.59 Å². The largest absolute Gasteiger partial charge is 0.287 e. The second-order valence-corrected chi connectivity index (χ2v) is 4.90. The van der Waals surface area contributed by atoms with Gasteiger partial charge in [-0.3, -0.25) is 9.59 Å². The van der Waals surface area contributed by atoms with E-state index in [0.717, 1.165) is 19.3 Å². The number of aromatic nitrogens is 3. The van der Waals surface area contributed by atoms with Gasteiger partial charge < -0.3 is 0 Å². The summed E-state index contributed by atoms with van der Waals surface area (Å²) in [6, 6.07) is 6.82. The average molecular weight is 269 g/mol. The fraction of sp³-hybridized carbons (Fsp3) is 0.333. The van der Waals surface area contributed by atoms with Crippen LogP contribution in [0.25, 0.3) is 0 Å². The molecule has 3 rings (SSSR count). The molecule has 0 spiro atoms. The molecule has 2 aromatic rings. The monoisotopic (exact) mass is 269 g/mol. The zero-order valence-corrected chi connectivity index (χ0v) is 11.3. The maximum atomic E-state index is 12.3. The number of fused-ring (bicyclic) bond motifs is 2. The van der Waals surface area contributed by atoms with Gasteiger partial charge in [0.1, 0.15) is 0 Å².